The number of nitrogens with zero attached hydrogens (tertiary/aromatic N) is 2. The lowest BCUT2D eigenvalue weighted by Gasteiger charge is -2.29. The summed E-state index contributed by atoms with van der Waals surface area (Å²) in [4.78, 5) is -0.735. The molecule has 1 aromatic rings. The minimum atomic E-state index is -4.95. The maximum absolute atomic E-state index is 11.3. The predicted octanol–water partition coefficient (Wildman–Crippen LogP) is -0.411. The van der Waals surface area contributed by atoms with Crippen molar-refractivity contribution in [1.82, 2.24) is 0 Å². The molecule has 2 rings (SSSR count). The molecule has 1 aliphatic carbocycles. The van der Waals surface area contributed by atoms with Gasteiger partial charge in [-0.15, -0.1) is 0 Å². The van der Waals surface area contributed by atoms with Crippen LogP contribution >= 0.6 is 0 Å². The van der Waals surface area contributed by atoms with Crippen LogP contribution < -0.4 is 0 Å². The molecule has 0 aromatic heterocycles. The molecule has 0 spiro atoms. The molecular formula is C10H8N2O8S2-2. The minimum Gasteiger partial charge on any atom is -0.747 e. The van der Waals surface area contributed by atoms with Crippen molar-refractivity contribution >= 4 is 31.7 Å². The standard InChI is InChI=1S/C10H10N2O8S2/c13-11-8-4-9(22(18,19)20)7-3-5(21(15,16)17)1-2-6(7)10(8)12-14/h1-3,9,13-14H,4H2,(H,15,16,17)(H,18,19,20)/p-2/b11-8+,12-10+. The third-order valence-corrected chi connectivity index (χ3v) is 5.08. The summed E-state index contributed by atoms with van der Waals surface area (Å²) < 4.78 is 67.1. The smallest absolute Gasteiger partial charge is 0.135 e. The second-order valence-electron chi connectivity index (χ2n) is 4.38. The van der Waals surface area contributed by atoms with Gasteiger partial charge in [0.2, 0.25) is 0 Å². The Kier molecular flexibility index (Phi) is 3.95. The number of hydrogen-bond acceptors (Lipinski definition) is 10. The van der Waals surface area contributed by atoms with Gasteiger partial charge in [0.25, 0.3) is 0 Å². The highest BCUT2D eigenvalue weighted by Crippen LogP contribution is 2.35. The molecule has 0 heterocycles. The number of benzene rings is 1. The fourth-order valence-corrected chi connectivity index (χ4v) is 3.55. The molecule has 0 amide bonds. The first-order valence-electron chi connectivity index (χ1n) is 5.58. The monoisotopic (exact) mass is 348 g/mol. The number of fused-ring (bicyclic) bond motifs is 1. The Morgan fingerprint density at radius 1 is 1.09 bits per heavy atom. The summed E-state index contributed by atoms with van der Waals surface area (Å²) in [7, 11) is -9.83. The van der Waals surface area contributed by atoms with Crippen LogP contribution in [0.5, 0.6) is 0 Å². The summed E-state index contributed by atoms with van der Waals surface area (Å²) in [6, 6.07) is 2.59. The van der Waals surface area contributed by atoms with E-state index in [-0.39, 0.29) is 22.6 Å². The van der Waals surface area contributed by atoms with E-state index in [9.17, 15) is 25.9 Å². The van der Waals surface area contributed by atoms with Crippen LogP contribution in [0.2, 0.25) is 0 Å². The van der Waals surface area contributed by atoms with E-state index in [1.165, 1.54) is 0 Å². The van der Waals surface area contributed by atoms with Gasteiger partial charge in [-0.05, 0) is 17.7 Å². The van der Waals surface area contributed by atoms with Gasteiger partial charge in [-0.25, -0.2) is 16.8 Å². The molecule has 12 heteroatoms. The SMILES string of the molecule is O=S(=O)([O-])c1ccc2c(c1)C(S(=O)(=O)[O-])CC(=N\O)/C2=N/O. The van der Waals surface area contributed by atoms with E-state index in [0.717, 1.165) is 18.2 Å². The Bertz CT molecular complexity index is 886. The first-order valence-corrected chi connectivity index (χ1v) is 8.46. The Hall–Kier alpha value is -2.02. The van der Waals surface area contributed by atoms with Crippen LogP contribution in [-0.2, 0) is 20.2 Å². The summed E-state index contributed by atoms with van der Waals surface area (Å²) in [5.74, 6) is 0. The minimum absolute atomic E-state index is 0.127. The van der Waals surface area contributed by atoms with Crippen LogP contribution in [-0.4, -0.2) is 47.8 Å². The van der Waals surface area contributed by atoms with Crippen molar-refractivity contribution in [3.63, 3.8) is 0 Å². The molecule has 1 aliphatic rings. The molecule has 0 saturated carbocycles. The molecule has 0 saturated heterocycles. The molecule has 0 bridgehead atoms. The molecule has 2 N–H and O–H groups in total. The molecule has 0 radical (unpaired) electrons. The third kappa shape index (κ3) is 2.81. The van der Waals surface area contributed by atoms with Crippen molar-refractivity contribution < 1.29 is 36.4 Å². The molecule has 10 nitrogen and oxygen atoms in total. The summed E-state index contributed by atoms with van der Waals surface area (Å²) in [6.07, 6.45) is -0.628. The zero-order valence-corrected chi connectivity index (χ0v) is 12.2. The molecule has 22 heavy (non-hydrogen) atoms. The van der Waals surface area contributed by atoms with E-state index in [4.69, 9.17) is 10.4 Å². The highest BCUT2D eigenvalue weighted by Gasteiger charge is 2.34. The molecule has 1 unspecified atom stereocenters. The van der Waals surface area contributed by atoms with Crippen molar-refractivity contribution in [1.29, 1.82) is 0 Å². The van der Waals surface area contributed by atoms with E-state index in [1.807, 2.05) is 0 Å². The molecule has 1 aromatic carbocycles. The van der Waals surface area contributed by atoms with Crippen LogP contribution in [0.4, 0.5) is 0 Å². The average Bonchev–Trinajstić information content (AvgIpc) is 2.42. The summed E-state index contributed by atoms with van der Waals surface area (Å²) in [6.45, 7) is 0. The number of rotatable bonds is 2. The van der Waals surface area contributed by atoms with E-state index in [0.29, 0.717) is 0 Å². The summed E-state index contributed by atoms with van der Waals surface area (Å²) in [5, 5.41) is 21.6. The van der Waals surface area contributed by atoms with Crippen molar-refractivity contribution in [3.8, 4) is 0 Å². The largest absolute Gasteiger partial charge is 0.747 e. The van der Waals surface area contributed by atoms with Crippen LogP contribution in [0.15, 0.2) is 33.4 Å². The first kappa shape index (κ1) is 16.4. The number of hydrogen-bond donors (Lipinski definition) is 2. The predicted molar refractivity (Wildman–Crippen MR) is 69.0 cm³/mol. The lowest BCUT2D eigenvalue weighted by atomic mass is 9.88. The normalized spacial score (nSPS) is 22.7. The van der Waals surface area contributed by atoms with Gasteiger partial charge < -0.3 is 19.5 Å². The van der Waals surface area contributed by atoms with Gasteiger partial charge in [0.1, 0.15) is 31.7 Å². The highest BCUT2D eigenvalue weighted by atomic mass is 32.2. The van der Waals surface area contributed by atoms with Crippen molar-refractivity contribution in [2.45, 2.75) is 16.6 Å². The number of oxime groups is 2. The maximum Gasteiger partial charge on any atom is 0.135 e. The van der Waals surface area contributed by atoms with Gasteiger partial charge in [-0.2, -0.15) is 0 Å². The lowest BCUT2D eigenvalue weighted by Crippen LogP contribution is -2.30. The van der Waals surface area contributed by atoms with Gasteiger partial charge >= 0.3 is 0 Å². The maximum atomic E-state index is 11.3. The van der Waals surface area contributed by atoms with Gasteiger partial charge in [0.15, 0.2) is 0 Å². The summed E-state index contributed by atoms with van der Waals surface area (Å²) in [5.41, 5.74) is -1.13. The highest BCUT2D eigenvalue weighted by molar-refractivity contribution is 7.86. The van der Waals surface area contributed by atoms with Crippen molar-refractivity contribution in [2.24, 2.45) is 10.3 Å². The van der Waals surface area contributed by atoms with E-state index < -0.39 is 36.8 Å². The molecule has 1 atom stereocenters. The lowest BCUT2D eigenvalue weighted by molar-refractivity contribution is 0.312. The second kappa shape index (κ2) is 5.31. The molecule has 120 valence electrons. The van der Waals surface area contributed by atoms with Crippen molar-refractivity contribution in [2.75, 3.05) is 0 Å². The van der Waals surface area contributed by atoms with Crippen LogP contribution in [0.3, 0.4) is 0 Å². The molecule has 0 aliphatic heterocycles. The Balaban J connectivity index is 2.82. The van der Waals surface area contributed by atoms with Crippen LogP contribution in [0, 0.1) is 0 Å². The molecule has 0 fully saturated rings. The topological polar surface area (TPSA) is 180 Å². The Morgan fingerprint density at radius 3 is 2.18 bits per heavy atom. The van der Waals surface area contributed by atoms with Gasteiger partial charge in [-0.3, -0.25) is 0 Å². The van der Waals surface area contributed by atoms with Crippen molar-refractivity contribution in [3.05, 3.63) is 29.3 Å². The first-order chi connectivity index (χ1) is 10.1. The van der Waals surface area contributed by atoms with E-state index in [2.05, 4.69) is 10.3 Å². The Morgan fingerprint density at radius 2 is 1.73 bits per heavy atom. The zero-order chi connectivity index (χ0) is 16.7. The van der Waals surface area contributed by atoms with E-state index in [1.54, 1.807) is 0 Å². The fourth-order valence-electron chi connectivity index (χ4n) is 2.17. The quantitative estimate of drug-likeness (QED) is 0.411. The van der Waals surface area contributed by atoms with Gasteiger partial charge in [0.05, 0.1) is 10.1 Å². The Labute approximate surface area is 124 Å². The van der Waals surface area contributed by atoms with Crippen LogP contribution in [0.25, 0.3) is 0 Å². The van der Waals surface area contributed by atoms with Gasteiger partial charge in [0, 0.05) is 12.0 Å². The average molecular weight is 348 g/mol. The van der Waals surface area contributed by atoms with Crippen LogP contribution in [0.1, 0.15) is 22.8 Å². The second-order valence-corrected chi connectivity index (χ2v) is 7.32. The third-order valence-electron chi connectivity index (χ3n) is 3.13. The zero-order valence-electron chi connectivity index (χ0n) is 10.6. The van der Waals surface area contributed by atoms with Gasteiger partial charge in [-0.1, -0.05) is 16.4 Å². The summed E-state index contributed by atoms with van der Waals surface area (Å²) >= 11 is 0. The fraction of sp³-hybridized carbons (Fsp3) is 0.200. The molecular weight excluding hydrogens is 340 g/mol. The van der Waals surface area contributed by atoms with E-state index >= 15 is 0 Å².